The molecular weight excluding hydrogens is 705 g/mol. The Balaban J connectivity index is 0.000000202. The fourth-order valence-corrected chi connectivity index (χ4v) is 7.00. The van der Waals surface area contributed by atoms with Crippen LogP contribution in [-0.4, -0.2) is 71.8 Å². The fraction of sp³-hybridized carbons (Fsp3) is 0.278. The predicted molar refractivity (Wildman–Crippen MR) is 207 cm³/mol. The van der Waals surface area contributed by atoms with Crippen LogP contribution >= 0.6 is 22.7 Å². The van der Waals surface area contributed by atoms with Crippen LogP contribution in [0.15, 0.2) is 68.9 Å². The van der Waals surface area contributed by atoms with E-state index in [1.807, 2.05) is 52.1 Å². The van der Waals surface area contributed by atoms with E-state index in [2.05, 4.69) is 20.8 Å². The van der Waals surface area contributed by atoms with Gasteiger partial charge in [0.05, 0.1) is 41.4 Å². The molecule has 14 nitrogen and oxygen atoms in total. The molecule has 2 amide bonds. The highest BCUT2D eigenvalue weighted by atomic mass is 32.1. The van der Waals surface area contributed by atoms with Crippen LogP contribution in [0.4, 0.5) is 10.0 Å². The van der Waals surface area contributed by atoms with Crippen molar-refractivity contribution in [2.75, 3.05) is 38.9 Å². The lowest BCUT2D eigenvalue weighted by atomic mass is 10.2. The van der Waals surface area contributed by atoms with Crippen LogP contribution in [0.25, 0.3) is 32.9 Å². The number of hydrogen-bond acceptors (Lipinski definition) is 12. The number of nitrogens with two attached hydrogens (primary N) is 1. The van der Waals surface area contributed by atoms with E-state index in [0.717, 1.165) is 5.00 Å². The lowest BCUT2D eigenvalue weighted by Gasteiger charge is -2.14. The minimum absolute atomic E-state index is 0.0392. The van der Waals surface area contributed by atoms with E-state index in [-0.39, 0.29) is 46.4 Å². The molecule has 0 radical (unpaired) electrons. The molecule has 4 N–H and O–H groups in total. The Labute approximate surface area is 307 Å². The van der Waals surface area contributed by atoms with Crippen LogP contribution in [-0.2, 0) is 0 Å². The van der Waals surface area contributed by atoms with Crippen LogP contribution in [0, 0.1) is 0 Å². The van der Waals surface area contributed by atoms with Crippen LogP contribution in [0.1, 0.15) is 48.7 Å². The molecule has 0 aliphatic carbocycles. The zero-order valence-corrected chi connectivity index (χ0v) is 31.6. The lowest BCUT2D eigenvalue weighted by Crippen LogP contribution is -2.33. The van der Waals surface area contributed by atoms with E-state index in [1.54, 1.807) is 68.1 Å². The van der Waals surface area contributed by atoms with E-state index in [4.69, 9.17) is 15.2 Å². The molecule has 272 valence electrons. The first-order valence-corrected chi connectivity index (χ1v) is 17.9. The molecule has 0 aliphatic rings. The molecule has 6 aromatic rings. The second-order valence-electron chi connectivity index (χ2n) is 12.4. The molecule has 0 aliphatic heterocycles. The molecule has 6 rings (SSSR count). The van der Waals surface area contributed by atoms with E-state index >= 15 is 0 Å². The molecule has 0 saturated heterocycles. The van der Waals surface area contributed by atoms with E-state index in [1.165, 1.54) is 32.0 Å². The molecule has 16 heteroatoms. The van der Waals surface area contributed by atoms with Gasteiger partial charge in [-0.15, -0.1) is 22.7 Å². The fourth-order valence-electron chi connectivity index (χ4n) is 5.23. The Morgan fingerprint density at radius 3 is 1.52 bits per heavy atom. The number of nitrogen functional groups attached to an aromatic ring is 1. The van der Waals surface area contributed by atoms with Gasteiger partial charge in [-0.3, -0.25) is 19.2 Å². The first kappa shape index (κ1) is 37.5. The molecule has 0 fully saturated rings. The van der Waals surface area contributed by atoms with Crippen molar-refractivity contribution in [3.05, 3.63) is 91.4 Å². The van der Waals surface area contributed by atoms with Gasteiger partial charge < -0.3 is 30.7 Å². The number of aromatic nitrogens is 4. The van der Waals surface area contributed by atoms with E-state index in [9.17, 15) is 19.2 Å². The number of thiophene rings is 2. The van der Waals surface area contributed by atoms with Gasteiger partial charge in [-0.05, 0) is 76.2 Å². The zero-order chi connectivity index (χ0) is 37.9. The summed E-state index contributed by atoms with van der Waals surface area (Å²) in [6, 6.07) is 13.7. The van der Waals surface area contributed by atoms with Crippen LogP contribution < -0.4 is 41.9 Å². The van der Waals surface area contributed by atoms with Crippen molar-refractivity contribution in [2.24, 2.45) is 0 Å². The van der Waals surface area contributed by atoms with Gasteiger partial charge >= 0.3 is 0 Å². The van der Waals surface area contributed by atoms with Gasteiger partial charge in [0.2, 0.25) is 0 Å². The number of nitrogens with one attached hydrogen (secondary N) is 2. The van der Waals surface area contributed by atoms with Crippen LogP contribution in [0.2, 0.25) is 0 Å². The third kappa shape index (κ3) is 7.62. The topological polar surface area (TPSA) is 176 Å². The van der Waals surface area contributed by atoms with Gasteiger partial charge in [-0.2, -0.15) is 19.6 Å². The summed E-state index contributed by atoms with van der Waals surface area (Å²) in [5.74, 6) is 0.682. The number of benzene rings is 2. The summed E-state index contributed by atoms with van der Waals surface area (Å²) in [7, 11) is 6.88. The number of fused-ring (bicyclic) bond motifs is 2. The number of hydrogen-bond donors (Lipinski definition) is 3. The number of methoxy groups -OCH3 is 2. The van der Waals surface area contributed by atoms with Crippen molar-refractivity contribution in [3.63, 3.8) is 0 Å². The Morgan fingerprint density at radius 2 is 1.12 bits per heavy atom. The van der Waals surface area contributed by atoms with Gasteiger partial charge in [0.1, 0.15) is 16.5 Å². The summed E-state index contributed by atoms with van der Waals surface area (Å²) < 4.78 is 12.8. The maximum absolute atomic E-state index is 13.2. The number of anilines is 2. The zero-order valence-electron chi connectivity index (χ0n) is 30.0. The average molecular weight is 745 g/mol. The Bertz CT molecular complexity index is 2360. The molecule has 4 aromatic heterocycles. The van der Waals surface area contributed by atoms with Gasteiger partial charge in [0.25, 0.3) is 22.9 Å². The third-order valence-electron chi connectivity index (χ3n) is 7.62. The highest BCUT2D eigenvalue weighted by Gasteiger charge is 2.23. The third-order valence-corrected chi connectivity index (χ3v) is 9.58. The molecule has 0 atom stereocenters. The number of carbonyl (C=O) groups is 2. The Kier molecular flexibility index (Phi) is 11.3. The lowest BCUT2D eigenvalue weighted by molar-refractivity contribution is 0.0929. The van der Waals surface area contributed by atoms with Gasteiger partial charge in [-0.1, -0.05) is 0 Å². The second-order valence-corrected chi connectivity index (χ2v) is 14.2. The van der Waals surface area contributed by atoms with Crippen molar-refractivity contribution in [2.45, 2.75) is 39.8 Å². The summed E-state index contributed by atoms with van der Waals surface area (Å²) in [5.41, 5.74) is 6.84. The second kappa shape index (κ2) is 15.7. The van der Waals surface area contributed by atoms with Crippen LogP contribution in [0.3, 0.4) is 0 Å². The smallest absolute Gasteiger partial charge is 0.282 e. The minimum Gasteiger partial charge on any atom is -0.497 e. The van der Waals surface area contributed by atoms with Crippen molar-refractivity contribution >= 4 is 66.0 Å². The largest absolute Gasteiger partial charge is 0.497 e. The first-order chi connectivity index (χ1) is 24.7. The number of rotatable bonds is 9. The molecule has 0 bridgehead atoms. The highest BCUT2D eigenvalue weighted by Crippen LogP contribution is 2.32. The van der Waals surface area contributed by atoms with Gasteiger partial charge in [0, 0.05) is 47.7 Å². The standard InChI is InChI=1S/C19H22N4O3S.C17H18N4O3S/c1-11(2)20-17(24)16-14-10-27-19(22(3)4)15(14)18(25)23(21-16)12-6-8-13(26-5)9-7-12;1-9(2)19-16(22)14-12-8-25-15(18)13(12)17(23)21(20-14)10-4-6-11(24-3)7-5-10/h6-11H,1-5H3,(H,20,24);4-9H,18H2,1-3H3,(H,19,22). The summed E-state index contributed by atoms with van der Waals surface area (Å²) >= 11 is 2.63. The van der Waals surface area contributed by atoms with E-state index < -0.39 is 0 Å². The monoisotopic (exact) mass is 744 g/mol. The highest BCUT2D eigenvalue weighted by molar-refractivity contribution is 7.16. The molecule has 2 aromatic carbocycles. The quantitative estimate of drug-likeness (QED) is 0.186. The molecule has 4 heterocycles. The maximum Gasteiger partial charge on any atom is 0.282 e. The molecular formula is C36H40N8O6S2. The van der Waals surface area contributed by atoms with Crippen molar-refractivity contribution in [1.82, 2.24) is 30.2 Å². The Hall–Kier alpha value is -5.74. The summed E-state index contributed by atoms with van der Waals surface area (Å²) in [4.78, 5) is 53.1. The molecule has 0 saturated carbocycles. The summed E-state index contributed by atoms with van der Waals surface area (Å²) in [6.45, 7) is 7.48. The van der Waals surface area contributed by atoms with Gasteiger partial charge in [0.15, 0.2) is 11.4 Å². The minimum atomic E-state index is -0.361. The van der Waals surface area contributed by atoms with Crippen molar-refractivity contribution in [3.8, 4) is 22.9 Å². The molecule has 0 spiro atoms. The predicted octanol–water partition coefficient (Wildman–Crippen LogP) is 4.84. The maximum atomic E-state index is 13.2. The van der Waals surface area contributed by atoms with Crippen molar-refractivity contribution < 1.29 is 19.1 Å². The van der Waals surface area contributed by atoms with Crippen LogP contribution in [0.5, 0.6) is 11.5 Å². The first-order valence-electron chi connectivity index (χ1n) is 16.2. The molecule has 0 unspecified atom stereocenters. The number of ether oxygens (including phenoxy) is 2. The summed E-state index contributed by atoms with van der Waals surface area (Å²) in [6.07, 6.45) is 0. The summed E-state index contributed by atoms with van der Waals surface area (Å²) in [5, 5.41) is 20.8. The van der Waals surface area contributed by atoms with Crippen molar-refractivity contribution in [1.29, 1.82) is 0 Å². The SMILES string of the molecule is COc1ccc(-n2nc(C(=O)NC(C)C)c3csc(N(C)C)c3c2=O)cc1.COc1ccc(-n2nc(C(=O)NC(C)C)c3csc(N)c3c2=O)cc1. The average Bonchev–Trinajstić information content (AvgIpc) is 3.74. The number of amides is 2. The normalized spacial score (nSPS) is 11.0. The number of carbonyl (C=O) groups excluding carboxylic acids is 2. The Morgan fingerprint density at radius 1 is 0.712 bits per heavy atom. The van der Waals surface area contributed by atoms with Gasteiger partial charge in [-0.25, -0.2) is 0 Å². The van der Waals surface area contributed by atoms with E-state index in [0.29, 0.717) is 49.4 Å². The molecule has 52 heavy (non-hydrogen) atoms. The number of nitrogens with zero attached hydrogens (tertiary/aromatic N) is 5.